The summed E-state index contributed by atoms with van der Waals surface area (Å²) in [6.07, 6.45) is 0. The first kappa shape index (κ1) is 11.1. The molecule has 14 heavy (non-hydrogen) atoms. The molecule has 1 rings (SSSR count). The normalized spacial score (nSPS) is 11.4. The van der Waals surface area contributed by atoms with Crippen LogP contribution < -0.4 is 5.73 Å². The van der Waals surface area contributed by atoms with Gasteiger partial charge in [0.15, 0.2) is 5.78 Å². The van der Waals surface area contributed by atoms with Gasteiger partial charge in [-0.2, -0.15) is 0 Å². The van der Waals surface area contributed by atoms with Crippen LogP contribution in [0.15, 0.2) is 18.2 Å². The first-order valence-electron chi connectivity index (χ1n) is 4.43. The average Bonchev–Trinajstić information content (AvgIpc) is 2.07. The summed E-state index contributed by atoms with van der Waals surface area (Å²) in [5.74, 6) is 0.0116. The van der Waals surface area contributed by atoms with Gasteiger partial charge in [-0.3, -0.25) is 4.79 Å². The van der Waals surface area contributed by atoms with Crippen LogP contribution in [0.2, 0.25) is 5.02 Å². The van der Waals surface area contributed by atoms with Crippen LogP contribution in [0.4, 0.5) is 5.69 Å². The van der Waals surface area contributed by atoms with E-state index in [0.29, 0.717) is 16.3 Å². The number of benzene rings is 1. The third-order valence-electron chi connectivity index (χ3n) is 1.98. The molecule has 0 atom stereocenters. The molecule has 0 saturated heterocycles. The van der Waals surface area contributed by atoms with E-state index in [1.54, 1.807) is 18.2 Å². The Hall–Kier alpha value is -1.02. The summed E-state index contributed by atoms with van der Waals surface area (Å²) in [4.78, 5) is 11.9. The summed E-state index contributed by atoms with van der Waals surface area (Å²) in [6.45, 7) is 5.57. The highest BCUT2D eigenvalue weighted by Gasteiger charge is 2.24. The maximum absolute atomic E-state index is 11.9. The standard InChI is InChI=1S/C11H14ClNO/c1-11(2,3)10(14)7-5-4-6-8(12)9(7)13/h4-6H,13H2,1-3H3. The fourth-order valence-corrected chi connectivity index (χ4v) is 1.31. The molecule has 2 N–H and O–H groups in total. The van der Waals surface area contributed by atoms with Gasteiger partial charge >= 0.3 is 0 Å². The van der Waals surface area contributed by atoms with Gasteiger partial charge in [-0.1, -0.05) is 38.4 Å². The summed E-state index contributed by atoms with van der Waals surface area (Å²) in [6, 6.07) is 5.11. The molecule has 0 spiro atoms. The van der Waals surface area contributed by atoms with Crippen molar-refractivity contribution in [3.63, 3.8) is 0 Å². The van der Waals surface area contributed by atoms with Crippen molar-refractivity contribution in [1.29, 1.82) is 0 Å². The Morgan fingerprint density at radius 2 is 1.93 bits per heavy atom. The van der Waals surface area contributed by atoms with Gasteiger partial charge in [0, 0.05) is 11.0 Å². The summed E-state index contributed by atoms with van der Waals surface area (Å²) in [5, 5.41) is 0.431. The number of carbonyl (C=O) groups is 1. The Morgan fingerprint density at radius 3 is 2.43 bits per heavy atom. The second-order valence-electron chi connectivity index (χ2n) is 4.28. The Balaban J connectivity index is 3.21. The van der Waals surface area contributed by atoms with Gasteiger partial charge in [0.2, 0.25) is 0 Å². The zero-order chi connectivity index (χ0) is 10.9. The monoisotopic (exact) mass is 211 g/mol. The quantitative estimate of drug-likeness (QED) is 0.573. The largest absolute Gasteiger partial charge is 0.397 e. The molecule has 0 heterocycles. The highest BCUT2D eigenvalue weighted by molar-refractivity contribution is 6.34. The van der Waals surface area contributed by atoms with Gasteiger partial charge in [0.05, 0.1) is 10.7 Å². The number of carbonyl (C=O) groups excluding carboxylic acids is 1. The molecular weight excluding hydrogens is 198 g/mol. The molecule has 0 fully saturated rings. The zero-order valence-corrected chi connectivity index (χ0v) is 9.35. The van der Waals surface area contributed by atoms with E-state index in [-0.39, 0.29) is 5.78 Å². The number of nitrogen functional groups attached to an aromatic ring is 1. The van der Waals surface area contributed by atoms with Crippen molar-refractivity contribution in [2.45, 2.75) is 20.8 Å². The van der Waals surface area contributed by atoms with Crippen LogP contribution >= 0.6 is 11.6 Å². The minimum atomic E-state index is -0.432. The third kappa shape index (κ3) is 2.07. The fourth-order valence-electron chi connectivity index (χ4n) is 1.14. The predicted molar refractivity (Wildman–Crippen MR) is 59.6 cm³/mol. The molecule has 1 aromatic carbocycles. The number of ketones is 1. The highest BCUT2D eigenvalue weighted by atomic mass is 35.5. The molecule has 0 aliphatic heterocycles. The molecule has 0 aliphatic carbocycles. The lowest BCUT2D eigenvalue weighted by molar-refractivity contribution is 0.0859. The number of hydrogen-bond donors (Lipinski definition) is 1. The van der Waals surface area contributed by atoms with Gasteiger partial charge in [-0.25, -0.2) is 0 Å². The maximum atomic E-state index is 11.9. The van der Waals surface area contributed by atoms with Crippen molar-refractivity contribution in [3.8, 4) is 0 Å². The van der Waals surface area contributed by atoms with Gasteiger partial charge < -0.3 is 5.73 Å². The number of rotatable bonds is 1. The lowest BCUT2D eigenvalue weighted by Gasteiger charge is -2.18. The van der Waals surface area contributed by atoms with Crippen molar-refractivity contribution < 1.29 is 4.79 Å². The van der Waals surface area contributed by atoms with E-state index >= 15 is 0 Å². The van der Waals surface area contributed by atoms with Gasteiger partial charge in [0.1, 0.15) is 0 Å². The minimum Gasteiger partial charge on any atom is -0.397 e. The molecule has 0 amide bonds. The molecule has 0 radical (unpaired) electrons. The summed E-state index contributed by atoms with van der Waals surface area (Å²) in [7, 11) is 0. The van der Waals surface area contributed by atoms with Crippen molar-refractivity contribution >= 4 is 23.1 Å². The number of hydrogen-bond acceptors (Lipinski definition) is 2. The third-order valence-corrected chi connectivity index (χ3v) is 2.31. The Labute approximate surface area is 89.1 Å². The fraction of sp³-hybridized carbons (Fsp3) is 0.364. The molecule has 0 aromatic heterocycles. The van der Waals surface area contributed by atoms with Gasteiger partial charge in [-0.05, 0) is 12.1 Å². The summed E-state index contributed by atoms with van der Waals surface area (Å²) < 4.78 is 0. The van der Waals surface area contributed by atoms with Crippen LogP contribution in [0.5, 0.6) is 0 Å². The molecular formula is C11H14ClNO. The molecule has 1 aromatic rings. The Morgan fingerprint density at radius 1 is 1.36 bits per heavy atom. The molecule has 3 heteroatoms. The van der Waals surface area contributed by atoms with Crippen LogP contribution in [0.1, 0.15) is 31.1 Å². The molecule has 2 nitrogen and oxygen atoms in total. The maximum Gasteiger partial charge on any atom is 0.170 e. The van der Waals surface area contributed by atoms with Crippen molar-refractivity contribution in [2.75, 3.05) is 5.73 Å². The van der Waals surface area contributed by atoms with Crippen LogP contribution in [0.3, 0.4) is 0 Å². The summed E-state index contributed by atoms with van der Waals surface area (Å²) >= 11 is 5.83. The zero-order valence-electron chi connectivity index (χ0n) is 8.60. The van der Waals surface area contributed by atoms with E-state index in [0.717, 1.165) is 0 Å². The molecule has 76 valence electrons. The van der Waals surface area contributed by atoms with Crippen molar-refractivity contribution in [2.24, 2.45) is 5.41 Å². The Bertz CT molecular complexity index is 366. The Kier molecular flexibility index (Phi) is 2.86. The SMILES string of the molecule is CC(C)(C)C(=O)c1cccc(Cl)c1N. The van der Waals surface area contributed by atoms with E-state index in [1.807, 2.05) is 20.8 Å². The topological polar surface area (TPSA) is 43.1 Å². The number of halogens is 1. The number of nitrogens with two attached hydrogens (primary N) is 1. The van der Waals surface area contributed by atoms with Crippen LogP contribution in [-0.2, 0) is 0 Å². The second-order valence-corrected chi connectivity index (χ2v) is 4.69. The van der Waals surface area contributed by atoms with E-state index in [2.05, 4.69) is 0 Å². The van der Waals surface area contributed by atoms with Crippen molar-refractivity contribution in [1.82, 2.24) is 0 Å². The lowest BCUT2D eigenvalue weighted by Crippen LogP contribution is -2.21. The van der Waals surface area contributed by atoms with Gasteiger partial charge in [-0.15, -0.1) is 0 Å². The first-order valence-corrected chi connectivity index (χ1v) is 4.80. The van der Waals surface area contributed by atoms with Crippen LogP contribution in [0.25, 0.3) is 0 Å². The smallest absolute Gasteiger partial charge is 0.170 e. The first-order chi connectivity index (χ1) is 6.34. The average molecular weight is 212 g/mol. The van der Waals surface area contributed by atoms with E-state index in [9.17, 15) is 4.79 Å². The molecule has 0 saturated carbocycles. The molecule has 0 aliphatic rings. The number of anilines is 1. The molecule has 0 unspecified atom stereocenters. The van der Waals surface area contributed by atoms with E-state index < -0.39 is 5.41 Å². The highest BCUT2D eigenvalue weighted by Crippen LogP contribution is 2.28. The second kappa shape index (κ2) is 3.62. The van der Waals surface area contributed by atoms with Crippen molar-refractivity contribution in [3.05, 3.63) is 28.8 Å². The van der Waals surface area contributed by atoms with Crippen LogP contribution in [-0.4, -0.2) is 5.78 Å². The van der Waals surface area contributed by atoms with E-state index in [1.165, 1.54) is 0 Å². The van der Waals surface area contributed by atoms with Crippen LogP contribution in [0, 0.1) is 5.41 Å². The lowest BCUT2D eigenvalue weighted by atomic mass is 9.86. The minimum absolute atomic E-state index is 0.0116. The van der Waals surface area contributed by atoms with Gasteiger partial charge in [0.25, 0.3) is 0 Å². The van der Waals surface area contributed by atoms with E-state index in [4.69, 9.17) is 17.3 Å². The number of para-hydroxylation sites is 1. The summed E-state index contributed by atoms with van der Waals surface area (Å²) in [5.41, 5.74) is 6.17. The predicted octanol–water partition coefficient (Wildman–Crippen LogP) is 3.15. The molecule has 0 bridgehead atoms. The number of Topliss-reactive ketones (excluding diaryl/α,β-unsaturated/α-hetero) is 1.